The van der Waals surface area contributed by atoms with E-state index >= 15 is 0 Å². The highest BCUT2D eigenvalue weighted by atomic mass is 16.1. The van der Waals surface area contributed by atoms with Crippen molar-refractivity contribution in [1.82, 2.24) is 5.32 Å². The molecule has 1 fully saturated rings. The van der Waals surface area contributed by atoms with Crippen LogP contribution in [0.15, 0.2) is 0 Å². The summed E-state index contributed by atoms with van der Waals surface area (Å²) in [7, 11) is 1.84. The lowest BCUT2D eigenvalue weighted by molar-refractivity contribution is -0.122. The number of hydrogen-bond donors (Lipinski definition) is 1. The number of ketones is 1. The van der Waals surface area contributed by atoms with Gasteiger partial charge < -0.3 is 5.32 Å². The van der Waals surface area contributed by atoms with Crippen LogP contribution in [0.3, 0.4) is 0 Å². The van der Waals surface area contributed by atoms with Crippen molar-refractivity contribution in [2.24, 2.45) is 5.92 Å². The lowest BCUT2D eigenvalue weighted by Gasteiger charge is -2.11. The van der Waals surface area contributed by atoms with Gasteiger partial charge >= 0.3 is 0 Å². The van der Waals surface area contributed by atoms with Crippen molar-refractivity contribution in [2.45, 2.75) is 38.5 Å². The van der Waals surface area contributed by atoms with Gasteiger partial charge in [0, 0.05) is 5.92 Å². The quantitative estimate of drug-likeness (QED) is 0.652. The topological polar surface area (TPSA) is 29.1 Å². The van der Waals surface area contributed by atoms with Gasteiger partial charge in [-0.25, -0.2) is 0 Å². The molecular weight excluding hydrogens is 150 g/mol. The minimum Gasteiger partial charge on any atom is -0.313 e. The number of Topliss-reactive ketones (excluding diaryl/α,β-unsaturated/α-hetero) is 1. The minimum atomic E-state index is 0.361. The first kappa shape index (κ1) is 9.72. The molecule has 0 aromatic rings. The highest BCUT2D eigenvalue weighted by molar-refractivity contribution is 5.82. The summed E-state index contributed by atoms with van der Waals surface area (Å²) >= 11 is 0. The summed E-state index contributed by atoms with van der Waals surface area (Å²) in [6.07, 6.45) is 7.40. The monoisotopic (exact) mass is 169 g/mol. The molecule has 0 aromatic carbocycles. The van der Waals surface area contributed by atoms with Gasteiger partial charge in [0.05, 0.1) is 6.54 Å². The third kappa shape index (κ3) is 2.94. The number of hydrogen-bond acceptors (Lipinski definition) is 2. The summed E-state index contributed by atoms with van der Waals surface area (Å²) < 4.78 is 0. The molecule has 0 unspecified atom stereocenters. The Morgan fingerprint density at radius 1 is 1.25 bits per heavy atom. The molecule has 1 rings (SSSR count). The highest BCUT2D eigenvalue weighted by Gasteiger charge is 2.18. The Kier molecular flexibility index (Phi) is 4.30. The molecule has 0 atom stereocenters. The maximum absolute atomic E-state index is 11.5. The Balaban J connectivity index is 2.32. The van der Waals surface area contributed by atoms with Crippen molar-refractivity contribution in [3.05, 3.63) is 0 Å². The molecule has 0 bridgehead atoms. The van der Waals surface area contributed by atoms with Gasteiger partial charge in [0.15, 0.2) is 0 Å². The minimum absolute atomic E-state index is 0.361. The zero-order chi connectivity index (χ0) is 8.81. The molecule has 2 nitrogen and oxygen atoms in total. The first-order chi connectivity index (χ1) is 5.84. The van der Waals surface area contributed by atoms with Crippen LogP contribution in [0.25, 0.3) is 0 Å². The second-order valence-electron chi connectivity index (χ2n) is 3.69. The molecule has 0 radical (unpaired) electrons. The number of rotatable bonds is 3. The lowest BCUT2D eigenvalue weighted by atomic mass is 9.95. The Hall–Kier alpha value is -0.370. The first-order valence-electron chi connectivity index (χ1n) is 5.02. The van der Waals surface area contributed by atoms with E-state index in [1.807, 2.05) is 7.05 Å². The van der Waals surface area contributed by atoms with E-state index < -0.39 is 0 Å². The van der Waals surface area contributed by atoms with Crippen LogP contribution in [0.4, 0.5) is 0 Å². The zero-order valence-electron chi connectivity index (χ0n) is 7.94. The number of likely N-dealkylation sites (N-methyl/N-ethyl adjacent to an activating group) is 1. The van der Waals surface area contributed by atoms with E-state index in [2.05, 4.69) is 5.32 Å². The SMILES string of the molecule is CNCC(=O)C1CCCCCC1. The largest absolute Gasteiger partial charge is 0.313 e. The first-order valence-corrected chi connectivity index (χ1v) is 5.02. The van der Waals surface area contributed by atoms with Gasteiger partial charge in [0.1, 0.15) is 5.78 Å². The second kappa shape index (κ2) is 5.31. The summed E-state index contributed by atoms with van der Waals surface area (Å²) in [6, 6.07) is 0. The average molecular weight is 169 g/mol. The van der Waals surface area contributed by atoms with Crippen LogP contribution in [-0.2, 0) is 4.79 Å². The predicted octanol–water partition coefficient (Wildman–Crippen LogP) is 1.75. The van der Waals surface area contributed by atoms with Gasteiger partial charge in [-0.1, -0.05) is 25.7 Å². The zero-order valence-corrected chi connectivity index (χ0v) is 7.94. The van der Waals surface area contributed by atoms with Gasteiger partial charge in [0.25, 0.3) is 0 Å². The van der Waals surface area contributed by atoms with Crippen LogP contribution >= 0.6 is 0 Å². The van der Waals surface area contributed by atoms with Crippen molar-refractivity contribution in [1.29, 1.82) is 0 Å². The molecule has 0 amide bonds. The molecule has 2 heteroatoms. The van der Waals surface area contributed by atoms with Gasteiger partial charge in [-0.15, -0.1) is 0 Å². The lowest BCUT2D eigenvalue weighted by Crippen LogP contribution is -2.25. The number of nitrogens with one attached hydrogen (secondary N) is 1. The van der Waals surface area contributed by atoms with E-state index in [1.165, 1.54) is 25.7 Å². The molecule has 1 saturated carbocycles. The molecule has 0 aromatic heterocycles. The van der Waals surface area contributed by atoms with E-state index in [0.717, 1.165) is 12.8 Å². The summed E-state index contributed by atoms with van der Waals surface area (Å²) in [5.74, 6) is 0.777. The highest BCUT2D eigenvalue weighted by Crippen LogP contribution is 2.23. The molecule has 0 aliphatic heterocycles. The Morgan fingerprint density at radius 2 is 1.83 bits per heavy atom. The van der Waals surface area contributed by atoms with E-state index in [1.54, 1.807) is 0 Å². The molecule has 0 spiro atoms. The molecule has 0 saturated heterocycles. The summed E-state index contributed by atoms with van der Waals surface area (Å²) in [4.78, 5) is 11.5. The van der Waals surface area contributed by atoms with Gasteiger partial charge in [-0.2, -0.15) is 0 Å². The van der Waals surface area contributed by atoms with Crippen LogP contribution < -0.4 is 5.32 Å². The van der Waals surface area contributed by atoms with Crippen molar-refractivity contribution < 1.29 is 4.79 Å². The van der Waals surface area contributed by atoms with Crippen LogP contribution in [0.1, 0.15) is 38.5 Å². The van der Waals surface area contributed by atoms with Gasteiger partial charge in [0.2, 0.25) is 0 Å². The number of carbonyl (C=O) groups is 1. The van der Waals surface area contributed by atoms with Crippen LogP contribution in [0, 0.1) is 5.92 Å². The average Bonchev–Trinajstić information content (AvgIpc) is 2.32. The summed E-state index contributed by atoms with van der Waals surface area (Å²) in [6.45, 7) is 0.560. The molecule has 0 heterocycles. The number of carbonyl (C=O) groups excluding carboxylic acids is 1. The van der Waals surface area contributed by atoms with Gasteiger partial charge in [-0.05, 0) is 19.9 Å². The molecule has 70 valence electrons. The van der Waals surface area contributed by atoms with Crippen LogP contribution in [-0.4, -0.2) is 19.4 Å². The maximum Gasteiger partial charge on any atom is 0.149 e. The van der Waals surface area contributed by atoms with Crippen molar-refractivity contribution in [3.8, 4) is 0 Å². The second-order valence-corrected chi connectivity index (χ2v) is 3.69. The third-order valence-electron chi connectivity index (χ3n) is 2.66. The molecule has 1 N–H and O–H groups in total. The standard InChI is InChI=1S/C10H19NO/c1-11-8-10(12)9-6-4-2-3-5-7-9/h9,11H,2-8H2,1H3. The normalized spacial score (nSPS) is 20.4. The van der Waals surface area contributed by atoms with Crippen LogP contribution in [0.2, 0.25) is 0 Å². The van der Waals surface area contributed by atoms with Crippen molar-refractivity contribution in [2.75, 3.05) is 13.6 Å². The molecule has 1 aliphatic rings. The Morgan fingerprint density at radius 3 is 2.33 bits per heavy atom. The van der Waals surface area contributed by atoms with E-state index in [0.29, 0.717) is 18.2 Å². The Bertz CT molecular complexity index is 137. The third-order valence-corrected chi connectivity index (χ3v) is 2.66. The summed E-state index contributed by atoms with van der Waals surface area (Å²) in [5.41, 5.74) is 0. The molecular formula is C10H19NO. The van der Waals surface area contributed by atoms with Crippen molar-refractivity contribution >= 4 is 5.78 Å². The fraction of sp³-hybridized carbons (Fsp3) is 0.900. The fourth-order valence-corrected chi connectivity index (χ4v) is 1.92. The van der Waals surface area contributed by atoms with E-state index in [9.17, 15) is 4.79 Å². The predicted molar refractivity (Wildman–Crippen MR) is 50.1 cm³/mol. The van der Waals surface area contributed by atoms with E-state index in [-0.39, 0.29) is 0 Å². The van der Waals surface area contributed by atoms with Gasteiger partial charge in [-0.3, -0.25) is 4.79 Å². The van der Waals surface area contributed by atoms with Crippen LogP contribution in [0.5, 0.6) is 0 Å². The molecule has 12 heavy (non-hydrogen) atoms. The Labute approximate surface area is 74.7 Å². The maximum atomic E-state index is 11.5. The molecule has 1 aliphatic carbocycles. The summed E-state index contributed by atoms with van der Waals surface area (Å²) in [5, 5.41) is 2.94. The van der Waals surface area contributed by atoms with Crippen molar-refractivity contribution in [3.63, 3.8) is 0 Å². The smallest absolute Gasteiger partial charge is 0.149 e. The fourth-order valence-electron chi connectivity index (χ4n) is 1.92. The van der Waals surface area contributed by atoms with E-state index in [4.69, 9.17) is 0 Å².